The zero-order chi connectivity index (χ0) is 26.0. The topological polar surface area (TPSA) is 112 Å². The first-order chi connectivity index (χ1) is 17.9. The van der Waals surface area contributed by atoms with Crippen LogP contribution in [0, 0.1) is 6.92 Å². The van der Waals surface area contributed by atoms with Crippen LogP contribution in [0.3, 0.4) is 0 Å². The first kappa shape index (κ1) is 25.6. The number of aromatic nitrogens is 2. The highest BCUT2D eigenvalue weighted by Crippen LogP contribution is 2.57. The highest BCUT2D eigenvalue weighted by atomic mass is 16.6. The SMILES string of the molecule is COC1([C@]2(COCc3ccccc3)O[C@@H](n3cc(C)c(=O)[nH]c3=O)C(O)[C@H]2OCc2ccccc2)CC1. The van der Waals surface area contributed by atoms with E-state index in [1.807, 2.05) is 60.7 Å². The summed E-state index contributed by atoms with van der Waals surface area (Å²) in [7, 11) is 1.61. The van der Waals surface area contributed by atoms with Gasteiger partial charge in [0.15, 0.2) is 11.8 Å². The quantitative estimate of drug-likeness (QED) is 0.433. The lowest BCUT2D eigenvalue weighted by molar-refractivity contribution is -0.221. The molecule has 4 atom stereocenters. The largest absolute Gasteiger partial charge is 0.386 e. The molecule has 1 unspecified atom stereocenters. The minimum atomic E-state index is -1.24. The fourth-order valence-electron chi connectivity index (χ4n) is 5.19. The molecule has 2 fully saturated rings. The number of nitrogens with zero attached hydrogens (tertiary/aromatic N) is 1. The standard InChI is InChI=1S/C28H32N2O7/c1-19-15-30(26(33)29-24(19)32)25-22(31)23(36-17-21-11-7-4-8-12-21)28(37-25,27(34-2)13-14-27)18-35-16-20-9-5-3-6-10-20/h3-12,15,22-23,25,31H,13-14,16-18H2,1-2H3,(H,29,32,33)/t22?,23-,25-,28-/m1/s1. The monoisotopic (exact) mass is 508 g/mol. The van der Waals surface area contributed by atoms with Gasteiger partial charge in [0.1, 0.15) is 17.8 Å². The summed E-state index contributed by atoms with van der Waals surface area (Å²) in [6, 6.07) is 19.4. The second kappa shape index (κ2) is 10.4. The van der Waals surface area contributed by atoms with Gasteiger partial charge in [0.25, 0.3) is 5.56 Å². The molecule has 9 heteroatoms. The van der Waals surface area contributed by atoms with Gasteiger partial charge in [0.05, 0.1) is 19.8 Å². The second-order valence-corrected chi connectivity index (χ2v) is 9.76. The molecule has 0 bridgehead atoms. The third-order valence-corrected chi connectivity index (χ3v) is 7.38. The molecular formula is C28H32N2O7. The fraction of sp³-hybridized carbons (Fsp3) is 0.429. The Morgan fingerprint density at radius 2 is 1.65 bits per heavy atom. The Bertz CT molecular complexity index is 1320. The van der Waals surface area contributed by atoms with Gasteiger partial charge in [-0.05, 0) is 30.9 Å². The van der Waals surface area contributed by atoms with Gasteiger partial charge in [-0.15, -0.1) is 0 Å². The van der Waals surface area contributed by atoms with Crippen molar-refractivity contribution in [1.29, 1.82) is 0 Å². The van der Waals surface area contributed by atoms with E-state index in [0.29, 0.717) is 25.0 Å². The van der Waals surface area contributed by atoms with E-state index in [2.05, 4.69) is 4.98 Å². The maximum Gasteiger partial charge on any atom is 0.330 e. The number of aryl methyl sites for hydroxylation is 1. The van der Waals surface area contributed by atoms with Crippen LogP contribution < -0.4 is 11.2 Å². The Labute approximate surface area is 214 Å². The molecule has 3 aromatic rings. The van der Waals surface area contributed by atoms with E-state index in [1.54, 1.807) is 14.0 Å². The summed E-state index contributed by atoms with van der Waals surface area (Å²) < 4.78 is 26.3. The predicted octanol–water partition coefficient (Wildman–Crippen LogP) is 2.45. The van der Waals surface area contributed by atoms with Crippen molar-refractivity contribution in [1.82, 2.24) is 9.55 Å². The Balaban J connectivity index is 1.51. The van der Waals surface area contributed by atoms with Crippen molar-refractivity contribution < 1.29 is 24.1 Å². The van der Waals surface area contributed by atoms with E-state index < -0.39 is 40.9 Å². The van der Waals surface area contributed by atoms with Crippen LogP contribution in [0.1, 0.15) is 35.8 Å². The van der Waals surface area contributed by atoms with Crippen molar-refractivity contribution in [3.8, 4) is 0 Å². The van der Waals surface area contributed by atoms with Gasteiger partial charge >= 0.3 is 5.69 Å². The first-order valence-electron chi connectivity index (χ1n) is 12.4. The van der Waals surface area contributed by atoms with Crippen molar-refractivity contribution >= 4 is 0 Å². The van der Waals surface area contributed by atoms with Gasteiger partial charge in [0, 0.05) is 18.9 Å². The van der Waals surface area contributed by atoms with Crippen LogP contribution in [0.5, 0.6) is 0 Å². The third kappa shape index (κ3) is 4.81. The maximum absolute atomic E-state index is 12.8. The number of rotatable bonds is 10. The van der Waals surface area contributed by atoms with E-state index in [4.69, 9.17) is 18.9 Å². The highest BCUT2D eigenvalue weighted by Gasteiger charge is 2.71. The van der Waals surface area contributed by atoms with Crippen molar-refractivity contribution in [2.75, 3.05) is 13.7 Å². The van der Waals surface area contributed by atoms with Crippen molar-refractivity contribution in [3.05, 3.63) is 104 Å². The number of aliphatic hydroxyl groups is 1. The number of hydrogen-bond donors (Lipinski definition) is 2. The lowest BCUT2D eigenvalue weighted by Crippen LogP contribution is -2.59. The molecule has 37 heavy (non-hydrogen) atoms. The van der Waals surface area contributed by atoms with Gasteiger partial charge in [0.2, 0.25) is 0 Å². The number of aliphatic hydroxyl groups excluding tert-OH is 1. The number of ether oxygens (including phenoxy) is 4. The van der Waals surface area contributed by atoms with Gasteiger partial charge in [-0.2, -0.15) is 0 Å². The molecule has 0 spiro atoms. The first-order valence-corrected chi connectivity index (χ1v) is 12.4. The number of benzene rings is 2. The van der Waals surface area contributed by atoms with E-state index in [9.17, 15) is 14.7 Å². The van der Waals surface area contributed by atoms with Crippen molar-refractivity contribution in [2.24, 2.45) is 0 Å². The second-order valence-electron chi connectivity index (χ2n) is 9.76. The maximum atomic E-state index is 12.8. The molecular weight excluding hydrogens is 476 g/mol. The molecule has 1 aliphatic heterocycles. The molecule has 1 aliphatic carbocycles. The van der Waals surface area contributed by atoms with Gasteiger partial charge in [-0.1, -0.05) is 60.7 Å². The summed E-state index contributed by atoms with van der Waals surface area (Å²) in [6.45, 7) is 2.21. The van der Waals surface area contributed by atoms with Gasteiger partial charge < -0.3 is 24.1 Å². The van der Waals surface area contributed by atoms with Crippen LogP contribution in [0.2, 0.25) is 0 Å². The lowest BCUT2D eigenvalue weighted by atomic mass is 9.87. The predicted molar refractivity (Wildman–Crippen MR) is 135 cm³/mol. The van der Waals surface area contributed by atoms with Crippen molar-refractivity contribution in [3.63, 3.8) is 0 Å². The van der Waals surface area contributed by atoms with Crippen molar-refractivity contribution in [2.45, 2.75) is 62.6 Å². The number of nitrogens with one attached hydrogen (secondary N) is 1. The molecule has 2 aromatic carbocycles. The van der Waals surface area contributed by atoms with Crippen LogP contribution in [-0.4, -0.2) is 51.8 Å². The fourth-order valence-corrected chi connectivity index (χ4v) is 5.19. The summed E-state index contributed by atoms with van der Waals surface area (Å²) in [5.74, 6) is 0. The minimum absolute atomic E-state index is 0.0693. The highest BCUT2D eigenvalue weighted by molar-refractivity contribution is 5.22. The van der Waals surface area contributed by atoms with E-state index in [1.165, 1.54) is 10.8 Å². The van der Waals surface area contributed by atoms with Crippen LogP contribution >= 0.6 is 0 Å². The number of aromatic amines is 1. The molecule has 1 saturated carbocycles. The molecule has 0 amide bonds. The number of methoxy groups -OCH3 is 1. The molecule has 0 radical (unpaired) electrons. The van der Waals surface area contributed by atoms with Gasteiger partial charge in [-0.3, -0.25) is 14.3 Å². The Morgan fingerprint density at radius 1 is 1.03 bits per heavy atom. The van der Waals surface area contributed by atoms with Crippen LogP contribution in [0.15, 0.2) is 76.4 Å². The Morgan fingerprint density at radius 3 is 2.24 bits per heavy atom. The average molecular weight is 509 g/mol. The summed E-state index contributed by atoms with van der Waals surface area (Å²) in [5.41, 5.74) is -0.896. The Hall–Kier alpha value is -3.08. The summed E-state index contributed by atoms with van der Waals surface area (Å²) >= 11 is 0. The lowest BCUT2D eigenvalue weighted by Gasteiger charge is -2.40. The Kier molecular flexibility index (Phi) is 7.15. The molecule has 2 N–H and O–H groups in total. The third-order valence-electron chi connectivity index (χ3n) is 7.38. The van der Waals surface area contributed by atoms with Gasteiger partial charge in [-0.25, -0.2) is 4.79 Å². The normalized spacial score (nSPS) is 26.3. The molecule has 2 aliphatic rings. The molecule has 2 heterocycles. The number of H-pyrrole nitrogens is 1. The molecule has 9 nitrogen and oxygen atoms in total. The molecule has 196 valence electrons. The molecule has 1 aromatic heterocycles. The van der Waals surface area contributed by atoms with Crippen LogP contribution in [0.4, 0.5) is 0 Å². The summed E-state index contributed by atoms with van der Waals surface area (Å²) in [4.78, 5) is 27.1. The van der Waals surface area contributed by atoms with E-state index in [-0.39, 0.29) is 13.2 Å². The smallest absolute Gasteiger partial charge is 0.330 e. The zero-order valence-corrected chi connectivity index (χ0v) is 21.0. The number of hydrogen-bond acceptors (Lipinski definition) is 7. The van der Waals surface area contributed by atoms with E-state index >= 15 is 0 Å². The van der Waals surface area contributed by atoms with Crippen LogP contribution in [0.25, 0.3) is 0 Å². The minimum Gasteiger partial charge on any atom is -0.386 e. The summed E-state index contributed by atoms with van der Waals surface area (Å²) in [5, 5.41) is 11.6. The average Bonchev–Trinajstić information content (AvgIpc) is 3.67. The zero-order valence-electron chi connectivity index (χ0n) is 21.0. The molecule has 5 rings (SSSR count). The van der Waals surface area contributed by atoms with Crippen LogP contribution in [-0.2, 0) is 32.2 Å². The van der Waals surface area contributed by atoms with E-state index in [0.717, 1.165) is 11.1 Å². The molecule has 1 saturated heterocycles. The summed E-state index contributed by atoms with van der Waals surface area (Å²) in [6.07, 6.45) is -0.465.